The van der Waals surface area contributed by atoms with Crippen LogP contribution in [0.2, 0.25) is 0 Å². The standard InChI is InChI=1S/C33H33BrN2O2/c34-31-18-10-11-26(25-31)19-22-36-23-20-27(21-24-36)32(37)35-38-33(28-12-4-1-5-13-28,29-14-6-2-7-15-29)30-16-8-3-9-17-30/h1-18,25,27H,19-24H2,(H,35,37). The highest BCUT2D eigenvalue weighted by Crippen LogP contribution is 2.39. The third kappa shape index (κ3) is 6.07. The summed E-state index contributed by atoms with van der Waals surface area (Å²) < 4.78 is 1.11. The first-order valence-electron chi connectivity index (χ1n) is 13.3. The molecular weight excluding hydrogens is 536 g/mol. The highest BCUT2D eigenvalue weighted by molar-refractivity contribution is 9.10. The van der Waals surface area contributed by atoms with Crippen molar-refractivity contribution in [2.45, 2.75) is 24.9 Å². The van der Waals surface area contributed by atoms with E-state index in [0.29, 0.717) is 0 Å². The van der Waals surface area contributed by atoms with Crippen molar-refractivity contribution in [2.24, 2.45) is 5.92 Å². The Hall–Kier alpha value is -3.25. The minimum absolute atomic E-state index is 0.0520. The van der Waals surface area contributed by atoms with Crippen LogP contribution in [0.15, 0.2) is 120 Å². The van der Waals surface area contributed by atoms with Crippen LogP contribution in [0.25, 0.3) is 0 Å². The zero-order valence-electron chi connectivity index (χ0n) is 21.4. The average molecular weight is 570 g/mol. The lowest BCUT2D eigenvalue weighted by Gasteiger charge is -2.36. The topological polar surface area (TPSA) is 41.6 Å². The summed E-state index contributed by atoms with van der Waals surface area (Å²) in [6.07, 6.45) is 2.65. The fraction of sp³-hybridized carbons (Fsp3) is 0.242. The lowest BCUT2D eigenvalue weighted by molar-refractivity contribution is -0.149. The molecule has 1 aliphatic heterocycles. The predicted molar refractivity (Wildman–Crippen MR) is 155 cm³/mol. The molecule has 0 atom stereocenters. The van der Waals surface area contributed by atoms with E-state index in [4.69, 9.17) is 4.84 Å². The molecule has 5 rings (SSSR count). The van der Waals surface area contributed by atoms with Crippen molar-refractivity contribution in [1.82, 2.24) is 10.4 Å². The van der Waals surface area contributed by atoms with Crippen molar-refractivity contribution in [2.75, 3.05) is 19.6 Å². The van der Waals surface area contributed by atoms with Crippen LogP contribution in [-0.2, 0) is 21.7 Å². The van der Waals surface area contributed by atoms with Crippen LogP contribution in [0.3, 0.4) is 0 Å². The van der Waals surface area contributed by atoms with Gasteiger partial charge >= 0.3 is 0 Å². The second kappa shape index (κ2) is 12.5. The SMILES string of the molecule is O=C(NOC(c1ccccc1)(c1ccccc1)c1ccccc1)C1CCN(CCc2cccc(Br)c2)CC1. The summed E-state index contributed by atoms with van der Waals surface area (Å²) in [7, 11) is 0. The van der Waals surface area contributed by atoms with E-state index in [1.54, 1.807) is 0 Å². The average Bonchev–Trinajstić information content (AvgIpc) is 2.98. The monoisotopic (exact) mass is 568 g/mol. The van der Waals surface area contributed by atoms with Crippen molar-refractivity contribution in [3.63, 3.8) is 0 Å². The van der Waals surface area contributed by atoms with Gasteiger partial charge < -0.3 is 4.90 Å². The van der Waals surface area contributed by atoms with Crippen molar-refractivity contribution >= 4 is 21.8 Å². The smallest absolute Gasteiger partial charge is 0.246 e. The van der Waals surface area contributed by atoms with Crippen molar-refractivity contribution in [3.8, 4) is 0 Å². The second-order valence-electron chi connectivity index (χ2n) is 9.84. The van der Waals surface area contributed by atoms with Crippen molar-refractivity contribution in [1.29, 1.82) is 0 Å². The van der Waals surface area contributed by atoms with Gasteiger partial charge in [-0.3, -0.25) is 9.63 Å². The zero-order chi connectivity index (χ0) is 26.2. The first-order valence-corrected chi connectivity index (χ1v) is 14.1. The van der Waals surface area contributed by atoms with Crippen LogP contribution in [0.5, 0.6) is 0 Å². The Bertz CT molecular complexity index is 1210. The fourth-order valence-corrected chi connectivity index (χ4v) is 5.75. The molecule has 0 aliphatic carbocycles. The quantitative estimate of drug-likeness (QED) is 0.179. The number of carbonyl (C=O) groups excluding carboxylic acids is 1. The third-order valence-electron chi connectivity index (χ3n) is 7.41. The molecule has 0 aromatic heterocycles. The van der Waals surface area contributed by atoms with E-state index in [9.17, 15) is 4.79 Å². The molecule has 0 saturated carbocycles. The Morgan fingerprint density at radius 3 is 1.82 bits per heavy atom. The lowest BCUT2D eigenvalue weighted by atomic mass is 9.80. The number of amides is 1. The third-order valence-corrected chi connectivity index (χ3v) is 7.90. The first kappa shape index (κ1) is 26.4. The highest BCUT2D eigenvalue weighted by atomic mass is 79.9. The number of nitrogens with zero attached hydrogens (tertiary/aromatic N) is 1. The minimum atomic E-state index is -0.968. The maximum Gasteiger partial charge on any atom is 0.246 e. The Balaban J connectivity index is 1.29. The van der Waals surface area contributed by atoms with Crippen LogP contribution >= 0.6 is 15.9 Å². The van der Waals surface area contributed by atoms with Gasteiger partial charge in [-0.25, -0.2) is 5.48 Å². The molecule has 1 saturated heterocycles. The van der Waals surface area contributed by atoms with Crippen LogP contribution in [0.4, 0.5) is 0 Å². The van der Waals surface area contributed by atoms with Gasteiger partial charge in [0.05, 0.1) is 0 Å². The van der Waals surface area contributed by atoms with Crippen molar-refractivity contribution in [3.05, 3.63) is 142 Å². The Labute approximate surface area is 233 Å². The number of likely N-dealkylation sites (tertiary alicyclic amines) is 1. The number of nitrogens with one attached hydrogen (secondary N) is 1. The number of hydroxylamine groups is 1. The zero-order valence-corrected chi connectivity index (χ0v) is 23.0. The number of hydrogen-bond donors (Lipinski definition) is 1. The molecule has 0 spiro atoms. The summed E-state index contributed by atoms with van der Waals surface area (Å²) in [6.45, 7) is 2.82. The molecule has 4 aromatic carbocycles. The Morgan fingerprint density at radius 1 is 0.789 bits per heavy atom. The molecule has 4 nitrogen and oxygen atoms in total. The molecule has 38 heavy (non-hydrogen) atoms. The molecule has 1 amide bonds. The summed E-state index contributed by atoms with van der Waals surface area (Å²) in [5.74, 6) is -0.124. The van der Waals surface area contributed by atoms with E-state index >= 15 is 0 Å². The molecule has 0 bridgehead atoms. The normalized spacial score (nSPS) is 14.8. The molecule has 4 aromatic rings. The number of halogens is 1. The van der Waals surface area contributed by atoms with Gasteiger partial charge in [-0.2, -0.15) is 0 Å². The molecule has 1 aliphatic rings. The van der Waals surface area contributed by atoms with E-state index in [-0.39, 0.29) is 11.8 Å². The van der Waals surface area contributed by atoms with E-state index < -0.39 is 5.60 Å². The predicted octanol–water partition coefficient (Wildman–Crippen LogP) is 6.74. The largest absolute Gasteiger partial charge is 0.303 e. The highest BCUT2D eigenvalue weighted by Gasteiger charge is 2.39. The van der Waals surface area contributed by atoms with Gasteiger partial charge in [-0.1, -0.05) is 119 Å². The van der Waals surface area contributed by atoms with E-state index in [1.807, 2.05) is 54.6 Å². The van der Waals surface area contributed by atoms with Gasteiger partial charge in [0.2, 0.25) is 5.91 Å². The number of piperidine rings is 1. The number of hydrogen-bond acceptors (Lipinski definition) is 3. The molecule has 1 heterocycles. The second-order valence-corrected chi connectivity index (χ2v) is 10.8. The van der Waals surface area contributed by atoms with Crippen LogP contribution in [0.1, 0.15) is 35.1 Å². The summed E-state index contributed by atoms with van der Waals surface area (Å²) in [5, 5.41) is 0. The molecule has 0 unspecified atom stereocenters. The van der Waals surface area contributed by atoms with Crippen LogP contribution in [-0.4, -0.2) is 30.4 Å². The van der Waals surface area contributed by atoms with E-state index in [0.717, 1.165) is 60.1 Å². The van der Waals surface area contributed by atoms with Gasteiger partial charge in [0, 0.05) is 16.9 Å². The molecule has 194 valence electrons. The molecular formula is C33H33BrN2O2. The summed E-state index contributed by atoms with van der Waals surface area (Å²) in [6, 6.07) is 38.8. The molecule has 5 heteroatoms. The van der Waals surface area contributed by atoms with Gasteiger partial charge in [0.25, 0.3) is 0 Å². The van der Waals surface area contributed by atoms with Gasteiger partial charge in [-0.15, -0.1) is 0 Å². The summed E-state index contributed by atoms with van der Waals surface area (Å²) in [4.78, 5) is 22.4. The van der Waals surface area contributed by atoms with Gasteiger partial charge in [0.15, 0.2) is 5.60 Å². The number of benzene rings is 4. The fourth-order valence-electron chi connectivity index (χ4n) is 5.30. The molecule has 1 fully saturated rings. The van der Waals surface area contributed by atoms with Gasteiger partial charge in [0.1, 0.15) is 0 Å². The number of carbonyl (C=O) groups is 1. The van der Waals surface area contributed by atoms with E-state index in [2.05, 4.69) is 87.0 Å². The number of rotatable bonds is 9. The summed E-state index contributed by atoms with van der Waals surface area (Å²) in [5.41, 5.74) is 6.14. The minimum Gasteiger partial charge on any atom is -0.303 e. The molecule has 1 N–H and O–H groups in total. The lowest BCUT2D eigenvalue weighted by Crippen LogP contribution is -2.45. The van der Waals surface area contributed by atoms with Crippen LogP contribution in [0, 0.1) is 5.92 Å². The van der Waals surface area contributed by atoms with Crippen molar-refractivity contribution < 1.29 is 9.63 Å². The Morgan fingerprint density at radius 2 is 1.32 bits per heavy atom. The maximum atomic E-state index is 13.4. The first-order chi connectivity index (χ1) is 18.6. The molecule has 0 radical (unpaired) electrons. The maximum absolute atomic E-state index is 13.4. The van der Waals surface area contributed by atoms with Crippen LogP contribution < -0.4 is 5.48 Å². The van der Waals surface area contributed by atoms with Gasteiger partial charge in [-0.05, 0) is 66.7 Å². The summed E-state index contributed by atoms with van der Waals surface area (Å²) >= 11 is 3.56. The Kier molecular flexibility index (Phi) is 8.69. The van der Waals surface area contributed by atoms with E-state index in [1.165, 1.54) is 5.56 Å².